The van der Waals surface area contributed by atoms with Crippen molar-refractivity contribution >= 4 is 29.3 Å². The zero-order chi connectivity index (χ0) is 22.9. The van der Waals surface area contributed by atoms with Crippen molar-refractivity contribution in [2.45, 2.75) is 37.2 Å². The third kappa shape index (κ3) is 4.35. The summed E-state index contributed by atoms with van der Waals surface area (Å²) in [5.41, 5.74) is -1.02. The van der Waals surface area contributed by atoms with E-state index >= 15 is 0 Å². The lowest BCUT2D eigenvalue weighted by molar-refractivity contribution is -0.142. The molecular formula is C24H24ClFN2O4. The van der Waals surface area contributed by atoms with Crippen LogP contribution in [0.25, 0.3) is 0 Å². The van der Waals surface area contributed by atoms with Crippen molar-refractivity contribution in [1.82, 2.24) is 9.80 Å². The Labute approximate surface area is 190 Å². The minimum Gasteiger partial charge on any atom is -0.490 e. The molecule has 2 aromatic rings. The highest BCUT2D eigenvalue weighted by Crippen LogP contribution is 2.40. The first-order valence-electron chi connectivity index (χ1n) is 10.6. The fourth-order valence-electron chi connectivity index (χ4n) is 4.46. The van der Waals surface area contributed by atoms with Crippen LogP contribution in [0.3, 0.4) is 0 Å². The van der Waals surface area contributed by atoms with E-state index in [-0.39, 0.29) is 30.8 Å². The van der Waals surface area contributed by atoms with E-state index in [1.165, 1.54) is 25.2 Å². The van der Waals surface area contributed by atoms with Crippen LogP contribution in [0.4, 0.5) is 4.39 Å². The lowest BCUT2D eigenvalue weighted by atomic mass is 9.75. The Balaban J connectivity index is 1.46. The molecule has 0 aromatic heterocycles. The van der Waals surface area contributed by atoms with Crippen LogP contribution in [-0.4, -0.2) is 53.8 Å². The molecule has 168 valence electrons. The number of likely N-dealkylation sites (N-methyl/N-ethyl adjacent to an activating group) is 1. The maximum Gasteiger partial charge on any atom is 0.240 e. The quantitative estimate of drug-likeness (QED) is 0.642. The average molecular weight is 459 g/mol. The van der Waals surface area contributed by atoms with Crippen LogP contribution in [0.15, 0.2) is 48.5 Å². The zero-order valence-electron chi connectivity index (χ0n) is 17.7. The smallest absolute Gasteiger partial charge is 0.240 e. The van der Waals surface area contributed by atoms with Crippen LogP contribution < -0.4 is 4.74 Å². The zero-order valence-corrected chi connectivity index (χ0v) is 18.5. The summed E-state index contributed by atoms with van der Waals surface area (Å²) in [7, 11) is 1.40. The fraction of sp³-hybridized carbons (Fsp3) is 0.375. The lowest BCUT2D eigenvalue weighted by Crippen LogP contribution is -2.46. The molecule has 0 unspecified atom stereocenters. The summed E-state index contributed by atoms with van der Waals surface area (Å²) in [5, 5.41) is 0.596. The number of carbonyl (C=O) groups is 3. The standard InChI is InChI=1S/C24H24ClFN2O4/c1-27-21(29)14-24(23(27)31,16-4-2-6-18(26)12-16)15-22(30)28-10-8-19(9-11-28)32-20-7-3-5-17(25)13-20/h2-7,12-13,19H,8-11,14-15H2,1H3/t24-/m0/s1. The Morgan fingerprint density at radius 2 is 1.88 bits per heavy atom. The highest BCUT2D eigenvalue weighted by atomic mass is 35.5. The molecule has 0 aliphatic carbocycles. The second-order valence-corrected chi connectivity index (χ2v) is 8.80. The Morgan fingerprint density at radius 1 is 1.16 bits per heavy atom. The summed E-state index contributed by atoms with van der Waals surface area (Å²) in [6, 6.07) is 12.8. The van der Waals surface area contributed by atoms with Gasteiger partial charge in [-0.25, -0.2) is 4.39 Å². The van der Waals surface area contributed by atoms with E-state index in [4.69, 9.17) is 16.3 Å². The summed E-state index contributed by atoms with van der Waals surface area (Å²) in [5.74, 6) is -0.901. The predicted molar refractivity (Wildman–Crippen MR) is 117 cm³/mol. The van der Waals surface area contributed by atoms with E-state index in [0.29, 0.717) is 42.3 Å². The molecule has 2 aromatic carbocycles. The number of likely N-dealkylation sites (tertiary alicyclic amines) is 2. The van der Waals surface area contributed by atoms with E-state index in [1.807, 2.05) is 12.1 Å². The molecule has 2 aliphatic heterocycles. The number of amides is 3. The summed E-state index contributed by atoms with van der Waals surface area (Å²) < 4.78 is 19.9. The maximum atomic E-state index is 13.9. The summed E-state index contributed by atoms with van der Waals surface area (Å²) in [6.07, 6.45) is 0.906. The molecule has 0 saturated carbocycles. The van der Waals surface area contributed by atoms with Crippen molar-refractivity contribution in [1.29, 1.82) is 0 Å². The van der Waals surface area contributed by atoms with E-state index < -0.39 is 17.1 Å². The molecule has 6 nitrogen and oxygen atoms in total. The van der Waals surface area contributed by atoms with Crippen molar-refractivity contribution in [2.75, 3.05) is 20.1 Å². The Hall–Kier alpha value is -2.93. The number of nitrogens with zero attached hydrogens (tertiary/aromatic N) is 2. The van der Waals surface area contributed by atoms with Crippen LogP contribution in [0, 0.1) is 5.82 Å². The maximum absolute atomic E-state index is 13.9. The van der Waals surface area contributed by atoms with Gasteiger partial charge in [0.05, 0.1) is 5.41 Å². The van der Waals surface area contributed by atoms with Gasteiger partial charge in [0.1, 0.15) is 17.7 Å². The molecule has 8 heteroatoms. The molecule has 2 saturated heterocycles. The molecular weight excluding hydrogens is 435 g/mol. The number of piperidine rings is 1. The third-order valence-electron chi connectivity index (χ3n) is 6.26. The SMILES string of the molecule is CN1C(=O)C[C@](CC(=O)N2CCC(Oc3cccc(Cl)c3)CC2)(c2cccc(F)c2)C1=O. The lowest BCUT2D eigenvalue weighted by Gasteiger charge is -2.35. The molecule has 2 heterocycles. The number of rotatable bonds is 5. The third-order valence-corrected chi connectivity index (χ3v) is 6.50. The Kier molecular flexibility index (Phi) is 6.20. The van der Waals surface area contributed by atoms with E-state index in [1.54, 1.807) is 23.1 Å². The number of hydrogen-bond donors (Lipinski definition) is 0. The number of ether oxygens (including phenoxy) is 1. The van der Waals surface area contributed by atoms with Gasteiger partial charge in [-0.05, 0) is 35.9 Å². The van der Waals surface area contributed by atoms with Crippen molar-refractivity contribution in [3.63, 3.8) is 0 Å². The van der Waals surface area contributed by atoms with Crippen LogP contribution in [-0.2, 0) is 19.8 Å². The van der Waals surface area contributed by atoms with Crippen LogP contribution in [0.2, 0.25) is 5.02 Å². The molecule has 2 aliphatic rings. The van der Waals surface area contributed by atoms with Gasteiger partial charge in [0.2, 0.25) is 17.7 Å². The van der Waals surface area contributed by atoms with Crippen LogP contribution >= 0.6 is 11.6 Å². The predicted octanol–water partition coefficient (Wildman–Crippen LogP) is 3.57. The van der Waals surface area contributed by atoms with Crippen molar-refractivity contribution in [3.8, 4) is 5.75 Å². The molecule has 2 fully saturated rings. The number of benzene rings is 2. The summed E-state index contributed by atoms with van der Waals surface area (Å²) >= 11 is 6.00. The van der Waals surface area contributed by atoms with Gasteiger partial charge in [-0.15, -0.1) is 0 Å². The molecule has 0 radical (unpaired) electrons. The number of carbonyl (C=O) groups excluding carboxylic acids is 3. The second-order valence-electron chi connectivity index (χ2n) is 8.36. The van der Waals surface area contributed by atoms with Gasteiger partial charge in [0, 0.05) is 50.8 Å². The van der Waals surface area contributed by atoms with E-state index in [2.05, 4.69) is 0 Å². The van der Waals surface area contributed by atoms with Crippen molar-refractivity contribution < 1.29 is 23.5 Å². The van der Waals surface area contributed by atoms with Gasteiger partial charge in [-0.2, -0.15) is 0 Å². The minimum absolute atomic E-state index is 0.0458. The largest absolute Gasteiger partial charge is 0.490 e. The fourth-order valence-corrected chi connectivity index (χ4v) is 4.64. The van der Waals surface area contributed by atoms with Crippen molar-refractivity contribution in [2.24, 2.45) is 0 Å². The molecule has 3 amide bonds. The number of hydrogen-bond acceptors (Lipinski definition) is 4. The first-order chi connectivity index (χ1) is 15.3. The number of halogens is 2. The molecule has 0 bridgehead atoms. The first-order valence-corrected chi connectivity index (χ1v) is 10.9. The monoisotopic (exact) mass is 458 g/mol. The molecule has 32 heavy (non-hydrogen) atoms. The summed E-state index contributed by atoms with van der Waals surface area (Å²) in [6.45, 7) is 0.947. The van der Waals surface area contributed by atoms with Crippen LogP contribution in [0.5, 0.6) is 5.75 Å². The van der Waals surface area contributed by atoms with Gasteiger partial charge in [-0.3, -0.25) is 19.3 Å². The van der Waals surface area contributed by atoms with Gasteiger partial charge in [0.25, 0.3) is 0 Å². The normalized spacial score (nSPS) is 21.8. The number of imide groups is 1. The Bertz CT molecular complexity index is 1050. The van der Waals surface area contributed by atoms with Crippen LogP contribution in [0.1, 0.15) is 31.2 Å². The Morgan fingerprint density at radius 3 is 2.50 bits per heavy atom. The highest BCUT2D eigenvalue weighted by Gasteiger charge is 2.53. The highest BCUT2D eigenvalue weighted by molar-refractivity contribution is 6.30. The van der Waals surface area contributed by atoms with Gasteiger partial charge in [0.15, 0.2) is 0 Å². The van der Waals surface area contributed by atoms with E-state index in [0.717, 1.165) is 4.90 Å². The second kappa shape index (κ2) is 8.90. The average Bonchev–Trinajstić information content (AvgIpc) is 2.98. The molecule has 1 atom stereocenters. The van der Waals surface area contributed by atoms with E-state index in [9.17, 15) is 18.8 Å². The topological polar surface area (TPSA) is 66.9 Å². The minimum atomic E-state index is -1.38. The van der Waals surface area contributed by atoms with Crippen molar-refractivity contribution in [3.05, 3.63) is 64.9 Å². The molecule has 0 spiro atoms. The van der Waals surface area contributed by atoms with Gasteiger partial charge < -0.3 is 9.64 Å². The van der Waals surface area contributed by atoms with Gasteiger partial charge in [-0.1, -0.05) is 29.8 Å². The summed E-state index contributed by atoms with van der Waals surface area (Å²) in [4.78, 5) is 41.2. The van der Waals surface area contributed by atoms with Gasteiger partial charge >= 0.3 is 0 Å². The molecule has 0 N–H and O–H groups in total. The molecule has 4 rings (SSSR count). The first kappa shape index (κ1) is 22.3.